The molecule has 0 atom stereocenters. The summed E-state index contributed by atoms with van der Waals surface area (Å²) in [7, 11) is 0. The number of hydrogen-bond acceptors (Lipinski definition) is 3. The minimum absolute atomic E-state index is 0.187. The zero-order valence-electron chi connectivity index (χ0n) is 7.28. The molecule has 3 nitrogen and oxygen atoms in total. The molecule has 0 radical (unpaired) electrons. The summed E-state index contributed by atoms with van der Waals surface area (Å²) in [6.07, 6.45) is 0. The highest BCUT2D eigenvalue weighted by molar-refractivity contribution is 9.11. The van der Waals surface area contributed by atoms with Gasteiger partial charge in [0.05, 0.1) is 8.71 Å². The van der Waals surface area contributed by atoms with E-state index in [2.05, 4.69) is 15.9 Å². The number of thiophene rings is 1. The Morgan fingerprint density at radius 2 is 2.21 bits per heavy atom. The van der Waals surface area contributed by atoms with E-state index in [0.717, 1.165) is 19.4 Å². The average molecular weight is 272 g/mol. The van der Waals surface area contributed by atoms with Crippen molar-refractivity contribution in [1.82, 2.24) is 0 Å². The van der Waals surface area contributed by atoms with Gasteiger partial charge in [0.2, 0.25) is 0 Å². The lowest BCUT2D eigenvalue weighted by Gasteiger charge is -1.97. The van der Waals surface area contributed by atoms with Crippen LogP contribution >= 0.6 is 27.3 Å². The molecule has 0 saturated carbocycles. The van der Waals surface area contributed by atoms with Gasteiger partial charge in [0.25, 0.3) is 5.69 Å². The van der Waals surface area contributed by atoms with Gasteiger partial charge in [-0.05, 0) is 40.4 Å². The monoisotopic (exact) mass is 271 g/mol. The maximum absolute atomic E-state index is 10.7. The number of fused-ring (bicyclic) bond motifs is 1. The van der Waals surface area contributed by atoms with Crippen LogP contribution in [0.1, 0.15) is 5.56 Å². The molecule has 1 heterocycles. The fourth-order valence-corrected chi connectivity index (χ4v) is 3.01. The van der Waals surface area contributed by atoms with Crippen LogP contribution in [0.5, 0.6) is 0 Å². The Bertz CT molecular complexity index is 521. The maximum Gasteiger partial charge on any atom is 0.273 e. The molecule has 0 amide bonds. The zero-order chi connectivity index (χ0) is 10.3. The number of rotatable bonds is 1. The topological polar surface area (TPSA) is 43.1 Å². The maximum atomic E-state index is 10.7. The highest BCUT2D eigenvalue weighted by atomic mass is 79.9. The number of aryl methyl sites for hydroxylation is 1. The third-order valence-corrected chi connectivity index (χ3v) is 3.85. The molecule has 0 bridgehead atoms. The Morgan fingerprint density at radius 3 is 2.86 bits per heavy atom. The van der Waals surface area contributed by atoms with Crippen molar-refractivity contribution >= 4 is 43.0 Å². The lowest BCUT2D eigenvalue weighted by Crippen LogP contribution is -1.90. The van der Waals surface area contributed by atoms with E-state index >= 15 is 0 Å². The van der Waals surface area contributed by atoms with Crippen LogP contribution in [0.15, 0.2) is 22.0 Å². The Hall–Kier alpha value is -0.940. The van der Waals surface area contributed by atoms with Crippen LogP contribution in [0, 0.1) is 17.0 Å². The Balaban J connectivity index is 2.80. The number of nitrogens with zero attached hydrogens (tertiary/aromatic N) is 1. The second kappa shape index (κ2) is 3.33. The van der Waals surface area contributed by atoms with E-state index in [-0.39, 0.29) is 10.6 Å². The number of benzene rings is 1. The summed E-state index contributed by atoms with van der Waals surface area (Å²) in [5.41, 5.74) is 0.926. The van der Waals surface area contributed by atoms with Gasteiger partial charge in [-0.1, -0.05) is 0 Å². The quantitative estimate of drug-likeness (QED) is 0.584. The van der Waals surface area contributed by atoms with E-state index in [1.54, 1.807) is 19.1 Å². The number of hydrogen-bond donors (Lipinski definition) is 0. The van der Waals surface area contributed by atoms with Crippen molar-refractivity contribution in [1.29, 1.82) is 0 Å². The smallest absolute Gasteiger partial charge is 0.258 e. The van der Waals surface area contributed by atoms with Crippen molar-refractivity contribution in [3.05, 3.63) is 37.7 Å². The molecular weight excluding hydrogens is 266 g/mol. The first-order chi connectivity index (χ1) is 6.59. The number of nitro benzene ring substituents is 1. The van der Waals surface area contributed by atoms with E-state index in [1.807, 2.05) is 6.07 Å². The minimum Gasteiger partial charge on any atom is -0.258 e. The van der Waals surface area contributed by atoms with Gasteiger partial charge < -0.3 is 0 Å². The number of halogens is 1. The van der Waals surface area contributed by atoms with Gasteiger partial charge in [0.1, 0.15) is 0 Å². The summed E-state index contributed by atoms with van der Waals surface area (Å²) < 4.78 is 1.97. The molecule has 0 aliphatic heterocycles. The predicted octanol–water partition coefficient (Wildman–Crippen LogP) is 3.88. The van der Waals surface area contributed by atoms with Crippen LogP contribution < -0.4 is 0 Å². The average Bonchev–Trinajstić information content (AvgIpc) is 2.46. The van der Waals surface area contributed by atoms with Crippen molar-refractivity contribution in [3.8, 4) is 0 Å². The summed E-state index contributed by atoms with van der Waals surface area (Å²) in [4.78, 5) is 10.3. The van der Waals surface area contributed by atoms with Crippen LogP contribution in [0.3, 0.4) is 0 Å². The van der Waals surface area contributed by atoms with Crippen molar-refractivity contribution < 1.29 is 4.92 Å². The fraction of sp³-hybridized carbons (Fsp3) is 0.111. The van der Waals surface area contributed by atoms with Crippen molar-refractivity contribution in [2.45, 2.75) is 6.92 Å². The SMILES string of the molecule is Cc1c([N+](=O)[O-])ccc2cc(Br)sc12. The Kier molecular flexibility index (Phi) is 2.28. The Morgan fingerprint density at radius 1 is 1.50 bits per heavy atom. The standard InChI is InChI=1S/C9H6BrNO2S/c1-5-7(11(12)13)3-2-6-4-8(10)14-9(5)6/h2-4H,1H3. The van der Waals surface area contributed by atoms with Crippen LogP contribution in [-0.4, -0.2) is 4.92 Å². The summed E-state index contributed by atoms with van der Waals surface area (Å²) >= 11 is 4.89. The van der Waals surface area contributed by atoms with Gasteiger partial charge in [0.15, 0.2) is 0 Å². The van der Waals surface area contributed by atoms with Gasteiger partial charge in [-0.25, -0.2) is 0 Å². The van der Waals surface area contributed by atoms with Crippen LogP contribution in [-0.2, 0) is 0 Å². The molecule has 0 saturated heterocycles. The highest BCUT2D eigenvalue weighted by Gasteiger charge is 2.14. The normalized spacial score (nSPS) is 10.7. The van der Waals surface area contributed by atoms with Gasteiger partial charge in [0, 0.05) is 16.3 Å². The molecule has 14 heavy (non-hydrogen) atoms. The molecule has 2 aromatic rings. The summed E-state index contributed by atoms with van der Waals surface area (Å²) in [5, 5.41) is 11.7. The van der Waals surface area contributed by atoms with E-state index in [9.17, 15) is 10.1 Å². The predicted molar refractivity (Wildman–Crippen MR) is 60.9 cm³/mol. The molecule has 0 spiro atoms. The fourth-order valence-electron chi connectivity index (χ4n) is 1.40. The van der Waals surface area contributed by atoms with Crippen LogP contribution in [0.2, 0.25) is 0 Å². The number of nitro groups is 1. The van der Waals surface area contributed by atoms with Crippen molar-refractivity contribution in [2.24, 2.45) is 0 Å². The molecule has 0 unspecified atom stereocenters. The second-order valence-corrected chi connectivity index (χ2v) is 5.37. The summed E-state index contributed by atoms with van der Waals surface area (Å²) in [6, 6.07) is 5.30. The molecule has 0 fully saturated rings. The Labute approximate surface area is 92.6 Å². The zero-order valence-corrected chi connectivity index (χ0v) is 9.68. The highest BCUT2D eigenvalue weighted by Crippen LogP contribution is 2.35. The van der Waals surface area contributed by atoms with E-state index in [4.69, 9.17) is 0 Å². The largest absolute Gasteiger partial charge is 0.273 e. The lowest BCUT2D eigenvalue weighted by atomic mass is 10.1. The lowest BCUT2D eigenvalue weighted by molar-refractivity contribution is -0.385. The summed E-state index contributed by atoms with van der Waals surface area (Å²) in [5.74, 6) is 0. The molecule has 0 N–H and O–H groups in total. The van der Waals surface area contributed by atoms with Crippen LogP contribution in [0.4, 0.5) is 5.69 Å². The molecule has 1 aromatic carbocycles. The van der Waals surface area contributed by atoms with Gasteiger partial charge in [-0.15, -0.1) is 11.3 Å². The first-order valence-electron chi connectivity index (χ1n) is 3.92. The molecule has 5 heteroatoms. The molecule has 72 valence electrons. The van der Waals surface area contributed by atoms with Gasteiger partial charge in [-0.2, -0.15) is 0 Å². The van der Waals surface area contributed by atoms with E-state index in [1.165, 1.54) is 11.3 Å². The third kappa shape index (κ3) is 1.42. The molecule has 0 aliphatic rings. The van der Waals surface area contributed by atoms with Gasteiger partial charge >= 0.3 is 0 Å². The van der Waals surface area contributed by atoms with E-state index < -0.39 is 0 Å². The second-order valence-electron chi connectivity index (χ2n) is 2.94. The van der Waals surface area contributed by atoms with Crippen LogP contribution in [0.25, 0.3) is 10.1 Å². The molecule has 2 rings (SSSR count). The minimum atomic E-state index is -0.345. The van der Waals surface area contributed by atoms with Crippen molar-refractivity contribution in [2.75, 3.05) is 0 Å². The van der Waals surface area contributed by atoms with Gasteiger partial charge in [-0.3, -0.25) is 10.1 Å². The molecular formula is C9H6BrNO2S. The van der Waals surface area contributed by atoms with E-state index in [0.29, 0.717) is 0 Å². The van der Waals surface area contributed by atoms with Crippen molar-refractivity contribution in [3.63, 3.8) is 0 Å². The first kappa shape index (κ1) is 9.61. The molecule has 1 aromatic heterocycles. The third-order valence-electron chi connectivity index (χ3n) is 2.07. The summed E-state index contributed by atoms with van der Waals surface area (Å²) in [6.45, 7) is 1.78. The first-order valence-corrected chi connectivity index (χ1v) is 5.53. The molecule has 0 aliphatic carbocycles.